The summed E-state index contributed by atoms with van der Waals surface area (Å²) in [7, 11) is 1.97. The largest absolute Gasteiger partial charge is 0.484 e. The van der Waals surface area contributed by atoms with Crippen LogP contribution in [0.25, 0.3) is 0 Å². The molecule has 154 valence electrons. The van der Waals surface area contributed by atoms with Gasteiger partial charge in [-0.2, -0.15) is 13.2 Å². The van der Waals surface area contributed by atoms with Gasteiger partial charge in [0, 0.05) is 32.7 Å². The number of ether oxygens (including phenoxy) is 2. The third-order valence-electron chi connectivity index (χ3n) is 3.96. The maximum atomic E-state index is 12.3. The fraction of sp³-hybridized carbons (Fsp3) is 0.611. The predicted molar refractivity (Wildman–Crippen MR) is 110 cm³/mol. The Morgan fingerprint density at radius 3 is 2.81 bits per heavy atom. The van der Waals surface area contributed by atoms with E-state index in [4.69, 9.17) is 9.47 Å². The van der Waals surface area contributed by atoms with Gasteiger partial charge >= 0.3 is 6.18 Å². The molecule has 2 rings (SSSR count). The highest BCUT2D eigenvalue weighted by Gasteiger charge is 2.28. The number of benzene rings is 1. The number of guanidine groups is 1. The molecule has 1 aromatic rings. The quantitative estimate of drug-likeness (QED) is 0.352. The van der Waals surface area contributed by atoms with Crippen LogP contribution in [0.3, 0.4) is 0 Å². The van der Waals surface area contributed by atoms with Crippen molar-refractivity contribution >= 4 is 29.9 Å². The fourth-order valence-corrected chi connectivity index (χ4v) is 2.74. The zero-order chi connectivity index (χ0) is 19.0. The number of nitrogens with zero attached hydrogens (tertiary/aromatic N) is 2. The highest BCUT2D eigenvalue weighted by atomic mass is 127. The van der Waals surface area contributed by atoms with Crippen LogP contribution in [-0.2, 0) is 11.3 Å². The van der Waals surface area contributed by atoms with Gasteiger partial charge in [0.2, 0.25) is 0 Å². The van der Waals surface area contributed by atoms with E-state index in [0.717, 1.165) is 44.2 Å². The SMILES string of the molecule is CCNC(=NCc1cccc(OCC(F)(F)F)c1)N(C)CC1CCOC1.I. The maximum absolute atomic E-state index is 12.3. The van der Waals surface area contributed by atoms with Crippen molar-refractivity contribution in [2.24, 2.45) is 10.9 Å². The first kappa shape index (κ1) is 23.8. The Morgan fingerprint density at radius 2 is 2.19 bits per heavy atom. The molecular weight excluding hydrogens is 474 g/mol. The average molecular weight is 501 g/mol. The van der Waals surface area contributed by atoms with Crippen molar-refractivity contribution in [1.29, 1.82) is 0 Å². The number of nitrogens with one attached hydrogen (secondary N) is 1. The van der Waals surface area contributed by atoms with Crippen LogP contribution >= 0.6 is 24.0 Å². The third-order valence-corrected chi connectivity index (χ3v) is 3.96. The standard InChI is InChI=1S/C18H26F3N3O2.HI/c1-3-22-17(24(2)11-15-7-8-25-12-15)23-10-14-5-4-6-16(9-14)26-13-18(19,20)21;/h4-6,9,15H,3,7-8,10-13H2,1-2H3,(H,22,23);1H. The Labute approximate surface area is 175 Å². The van der Waals surface area contributed by atoms with Crippen LogP contribution in [0.2, 0.25) is 0 Å². The van der Waals surface area contributed by atoms with Crippen LogP contribution in [0.4, 0.5) is 13.2 Å². The first-order valence-corrected chi connectivity index (χ1v) is 8.73. The average Bonchev–Trinajstić information content (AvgIpc) is 3.09. The van der Waals surface area contributed by atoms with Gasteiger partial charge in [-0.15, -0.1) is 24.0 Å². The number of hydrogen-bond acceptors (Lipinski definition) is 3. The summed E-state index contributed by atoms with van der Waals surface area (Å²) >= 11 is 0. The molecule has 5 nitrogen and oxygen atoms in total. The van der Waals surface area contributed by atoms with Crippen molar-refractivity contribution in [3.63, 3.8) is 0 Å². The predicted octanol–water partition coefficient (Wildman–Crippen LogP) is 3.68. The molecule has 0 amide bonds. The van der Waals surface area contributed by atoms with Crippen LogP contribution in [-0.4, -0.2) is 57.0 Å². The molecule has 1 atom stereocenters. The minimum atomic E-state index is -4.35. The first-order valence-electron chi connectivity index (χ1n) is 8.73. The van der Waals surface area contributed by atoms with Gasteiger partial charge in [-0.3, -0.25) is 0 Å². The molecular formula is C18H27F3IN3O2. The smallest absolute Gasteiger partial charge is 0.422 e. The molecule has 1 aromatic carbocycles. The van der Waals surface area contributed by atoms with E-state index in [-0.39, 0.29) is 29.7 Å². The monoisotopic (exact) mass is 501 g/mol. The number of halogens is 4. The lowest BCUT2D eigenvalue weighted by Gasteiger charge is -2.24. The minimum absolute atomic E-state index is 0. The molecule has 0 bridgehead atoms. The van der Waals surface area contributed by atoms with Gasteiger partial charge in [0.05, 0.1) is 13.2 Å². The van der Waals surface area contributed by atoms with E-state index in [1.165, 1.54) is 6.07 Å². The molecule has 0 spiro atoms. The van der Waals surface area contributed by atoms with Crippen molar-refractivity contribution in [2.75, 3.05) is 40.0 Å². The van der Waals surface area contributed by atoms with Gasteiger partial charge < -0.3 is 19.7 Å². The molecule has 27 heavy (non-hydrogen) atoms. The van der Waals surface area contributed by atoms with Crippen molar-refractivity contribution in [3.05, 3.63) is 29.8 Å². The molecule has 9 heteroatoms. The lowest BCUT2D eigenvalue weighted by atomic mass is 10.1. The number of hydrogen-bond donors (Lipinski definition) is 1. The summed E-state index contributed by atoms with van der Waals surface area (Å²) < 4.78 is 47.0. The number of rotatable bonds is 7. The van der Waals surface area contributed by atoms with Crippen LogP contribution in [0.1, 0.15) is 18.9 Å². The number of alkyl halides is 3. The van der Waals surface area contributed by atoms with Crippen molar-refractivity contribution < 1.29 is 22.6 Å². The fourth-order valence-electron chi connectivity index (χ4n) is 2.74. The van der Waals surface area contributed by atoms with Gasteiger partial charge in [0.25, 0.3) is 0 Å². The van der Waals surface area contributed by atoms with Crippen LogP contribution in [0, 0.1) is 5.92 Å². The van der Waals surface area contributed by atoms with Gasteiger partial charge in [0.1, 0.15) is 5.75 Å². The Bertz CT molecular complexity index is 593. The summed E-state index contributed by atoms with van der Waals surface area (Å²) in [5, 5.41) is 3.24. The second-order valence-electron chi connectivity index (χ2n) is 6.33. The van der Waals surface area contributed by atoms with Crippen molar-refractivity contribution in [3.8, 4) is 5.75 Å². The van der Waals surface area contributed by atoms with E-state index in [1.54, 1.807) is 12.1 Å². The topological polar surface area (TPSA) is 46.1 Å². The zero-order valence-electron chi connectivity index (χ0n) is 15.6. The summed E-state index contributed by atoms with van der Waals surface area (Å²) in [5.74, 6) is 1.44. The maximum Gasteiger partial charge on any atom is 0.422 e. The molecule has 1 unspecified atom stereocenters. The van der Waals surface area contributed by atoms with E-state index >= 15 is 0 Å². The molecule has 1 fully saturated rings. The van der Waals surface area contributed by atoms with Gasteiger partial charge in [-0.25, -0.2) is 4.99 Å². The lowest BCUT2D eigenvalue weighted by Crippen LogP contribution is -2.41. The molecule has 1 heterocycles. The van der Waals surface area contributed by atoms with E-state index in [9.17, 15) is 13.2 Å². The van der Waals surface area contributed by atoms with Crippen LogP contribution in [0.5, 0.6) is 5.75 Å². The molecule has 1 saturated heterocycles. The molecule has 0 radical (unpaired) electrons. The second kappa shape index (κ2) is 11.6. The Balaban J connectivity index is 0.00000364. The summed E-state index contributed by atoms with van der Waals surface area (Å²) in [4.78, 5) is 6.65. The van der Waals surface area contributed by atoms with Crippen molar-refractivity contribution in [1.82, 2.24) is 10.2 Å². The lowest BCUT2D eigenvalue weighted by molar-refractivity contribution is -0.153. The first-order chi connectivity index (χ1) is 12.4. The van der Waals surface area contributed by atoms with Gasteiger partial charge in [-0.05, 0) is 31.0 Å². The Hall–Kier alpha value is -1.23. The second-order valence-corrected chi connectivity index (χ2v) is 6.33. The molecule has 0 saturated carbocycles. The van der Waals surface area contributed by atoms with Gasteiger partial charge in [-0.1, -0.05) is 12.1 Å². The summed E-state index contributed by atoms with van der Waals surface area (Å²) in [5.41, 5.74) is 0.790. The summed E-state index contributed by atoms with van der Waals surface area (Å²) in [6.07, 6.45) is -3.30. The summed E-state index contributed by atoms with van der Waals surface area (Å²) in [6, 6.07) is 6.58. The molecule has 1 aliphatic heterocycles. The molecule has 0 aliphatic carbocycles. The normalized spacial score (nSPS) is 17.4. The Kier molecular flexibility index (Phi) is 10.2. The zero-order valence-corrected chi connectivity index (χ0v) is 17.9. The Morgan fingerprint density at radius 1 is 1.41 bits per heavy atom. The van der Waals surface area contributed by atoms with Gasteiger partial charge in [0.15, 0.2) is 12.6 Å². The minimum Gasteiger partial charge on any atom is -0.484 e. The van der Waals surface area contributed by atoms with Crippen LogP contribution in [0.15, 0.2) is 29.3 Å². The summed E-state index contributed by atoms with van der Waals surface area (Å²) in [6.45, 7) is 4.21. The van der Waals surface area contributed by atoms with E-state index in [0.29, 0.717) is 12.5 Å². The van der Waals surface area contributed by atoms with Crippen LogP contribution < -0.4 is 10.1 Å². The third kappa shape index (κ3) is 9.00. The molecule has 0 aromatic heterocycles. The molecule has 1 aliphatic rings. The van der Waals surface area contributed by atoms with Crippen molar-refractivity contribution in [2.45, 2.75) is 26.1 Å². The van der Waals surface area contributed by atoms with E-state index in [1.807, 2.05) is 20.0 Å². The van der Waals surface area contributed by atoms with E-state index < -0.39 is 12.8 Å². The highest BCUT2D eigenvalue weighted by molar-refractivity contribution is 14.0. The van der Waals surface area contributed by atoms with E-state index in [2.05, 4.69) is 15.2 Å². The molecule has 1 N–H and O–H groups in total. The number of aliphatic imine (C=N–C) groups is 1. The highest BCUT2D eigenvalue weighted by Crippen LogP contribution is 2.20.